The maximum atomic E-state index is 11.0. The minimum atomic E-state index is -0.384. The Hall–Kier alpha value is -3.93. The first-order chi connectivity index (χ1) is 15.2. The lowest BCUT2D eigenvalue weighted by molar-refractivity contribution is -0.384. The average molecular weight is 410 g/mol. The molecule has 4 aromatic rings. The topological polar surface area (TPSA) is 73.0 Å². The first kappa shape index (κ1) is 19.1. The number of hydrogen-bond acceptors (Lipinski definition) is 4. The van der Waals surface area contributed by atoms with Crippen molar-refractivity contribution in [1.29, 1.82) is 0 Å². The quantitative estimate of drug-likeness (QED) is 0.354. The lowest BCUT2D eigenvalue weighted by Gasteiger charge is -2.17. The summed E-state index contributed by atoms with van der Waals surface area (Å²) in [6.45, 7) is 0.870. The van der Waals surface area contributed by atoms with Crippen LogP contribution in [0.15, 0.2) is 84.9 Å². The van der Waals surface area contributed by atoms with Crippen molar-refractivity contribution in [3.8, 4) is 5.69 Å². The highest BCUT2D eigenvalue weighted by Gasteiger charge is 2.26. The molecule has 0 saturated heterocycles. The minimum Gasteiger partial charge on any atom is -0.369 e. The number of nitrogens with zero attached hydrogens (tertiary/aromatic N) is 3. The Balaban J connectivity index is 1.54. The highest BCUT2D eigenvalue weighted by Crippen LogP contribution is 2.34. The smallest absolute Gasteiger partial charge is 0.269 e. The van der Waals surface area contributed by atoms with Crippen molar-refractivity contribution in [3.05, 3.63) is 117 Å². The van der Waals surface area contributed by atoms with Crippen LogP contribution in [0.4, 0.5) is 11.5 Å². The van der Waals surface area contributed by atoms with Gasteiger partial charge in [-0.1, -0.05) is 60.7 Å². The van der Waals surface area contributed by atoms with Crippen molar-refractivity contribution in [1.82, 2.24) is 9.78 Å². The van der Waals surface area contributed by atoms with Gasteiger partial charge in [-0.2, -0.15) is 5.10 Å². The summed E-state index contributed by atoms with van der Waals surface area (Å²) in [5.74, 6) is 1.19. The van der Waals surface area contributed by atoms with Gasteiger partial charge in [0, 0.05) is 36.6 Å². The molecule has 0 atom stereocenters. The SMILES string of the molecule is O=[N+]([O-])c1ccc(-n2nc(CC(c3ccccc3)c3ccccc3)c3c2NCC3)cc1. The van der Waals surface area contributed by atoms with Crippen LogP contribution in [0.3, 0.4) is 0 Å². The summed E-state index contributed by atoms with van der Waals surface area (Å²) < 4.78 is 1.88. The van der Waals surface area contributed by atoms with Crippen LogP contribution >= 0.6 is 0 Å². The van der Waals surface area contributed by atoms with Gasteiger partial charge in [0.05, 0.1) is 16.3 Å². The van der Waals surface area contributed by atoms with Crippen LogP contribution in [0.2, 0.25) is 0 Å². The van der Waals surface area contributed by atoms with Crippen molar-refractivity contribution in [3.63, 3.8) is 0 Å². The molecule has 6 nitrogen and oxygen atoms in total. The van der Waals surface area contributed by atoms with Gasteiger partial charge in [-0.25, -0.2) is 4.68 Å². The zero-order valence-electron chi connectivity index (χ0n) is 16.9. The molecule has 0 saturated carbocycles. The van der Waals surface area contributed by atoms with Crippen molar-refractivity contribution >= 4 is 11.5 Å². The van der Waals surface area contributed by atoms with E-state index in [1.54, 1.807) is 12.1 Å². The van der Waals surface area contributed by atoms with Crippen LogP contribution in [0.5, 0.6) is 0 Å². The zero-order valence-corrected chi connectivity index (χ0v) is 16.9. The lowest BCUT2D eigenvalue weighted by atomic mass is 9.86. The third-order valence-corrected chi connectivity index (χ3v) is 5.84. The third kappa shape index (κ3) is 3.68. The first-order valence-electron chi connectivity index (χ1n) is 10.4. The first-order valence-corrected chi connectivity index (χ1v) is 10.4. The van der Waals surface area contributed by atoms with E-state index < -0.39 is 0 Å². The van der Waals surface area contributed by atoms with E-state index in [2.05, 4.69) is 53.8 Å². The number of rotatable bonds is 6. The standard InChI is InChI=1S/C25H22N4O2/c30-29(31)21-13-11-20(12-14-21)28-25-22(15-16-26-25)24(27-28)17-23(18-7-3-1-4-8-18)19-9-5-2-6-10-19/h1-14,23,26H,15-17H2. The summed E-state index contributed by atoms with van der Waals surface area (Å²) in [4.78, 5) is 10.6. The van der Waals surface area contributed by atoms with Gasteiger partial charge in [-0.05, 0) is 29.7 Å². The molecule has 0 radical (unpaired) electrons. The van der Waals surface area contributed by atoms with Gasteiger partial charge in [-0.15, -0.1) is 0 Å². The van der Waals surface area contributed by atoms with Gasteiger partial charge < -0.3 is 5.32 Å². The van der Waals surface area contributed by atoms with E-state index in [-0.39, 0.29) is 16.5 Å². The summed E-state index contributed by atoms with van der Waals surface area (Å²) in [5, 5.41) is 19.4. The summed E-state index contributed by atoms with van der Waals surface area (Å²) in [6, 6.07) is 27.6. The summed E-state index contributed by atoms with van der Waals surface area (Å²) in [7, 11) is 0. The predicted octanol–water partition coefficient (Wildman–Crippen LogP) is 5.12. The van der Waals surface area contributed by atoms with Gasteiger partial charge >= 0.3 is 0 Å². The molecule has 5 rings (SSSR count). The van der Waals surface area contributed by atoms with Gasteiger partial charge in [0.1, 0.15) is 5.82 Å². The van der Waals surface area contributed by atoms with E-state index in [9.17, 15) is 10.1 Å². The highest BCUT2D eigenvalue weighted by atomic mass is 16.6. The number of nitro groups is 1. The summed E-state index contributed by atoms with van der Waals surface area (Å²) >= 11 is 0. The average Bonchev–Trinajstić information content (AvgIpc) is 3.42. The maximum Gasteiger partial charge on any atom is 0.269 e. The molecule has 0 unspecified atom stereocenters. The number of hydrogen-bond donors (Lipinski definition) is 1. The van der Waals surface area contributed by atoms with Crippen molar-refractivity contribution < 1.29 is 4.92 Å². The number of anilines is 1. The Labute approximate surface area is 180 Å². The number of nitro benzene ring substituents is 1. The number of nitrogens with one attached hydrogen (secondary N) is 1. The van der Waals surface area contributed by atoms with Gasteiger partial charge in [0.2, 0.25) is 0 Å². The monoisotopic (exact) mass is 410 g/mol. The van der Waals surface area contributed by atoms with Crippen molar-refractivity contribution in [2.45, 2.75) is 18.8 Å². The van der Waals surface area contributed by atoms with Crippen LogP contribution in [0.25, 0.3) is 5.69 Å². The van der Waals surface area contributed by atoms with E-state index in [0.29, 0.717) is 0 Å². The number of fused-ring (bicyclic) bond motifs is 1. The van der Waals surface area contributed by atoms with Gasteiger partial charge in [0.15, 0.2) is 0 Å². The fourth-order valence-corrected chi connectivity index (χ4v) is 4.30. The summed E-state index contributed by atoms with van der Waals surface area (Å²) in [5.41, 5.74) is 5.72. The number of benzene rings is 3. The number of non-ortho nitro benzene ring substituents is 1. The van der Waals surface area contributed by atoms with Crippen molar-refractivity contribution in [2.24, 2.45) is 0 Å². The Morgan fingerprint density at radius 3 is 2.13 bits per heavy atom. The molecule has 0 bridgehead atoms. The van der Waals surface area contributed by atoms with Crippen LogP contribution in [0.1, 0.15) is 28.3 Å². The fourth-order valence-electron chi connectivity index (χ4n) is 4.30. The van der Waals surface area contributed by atoms with E-state index >= 15 is 0 Å². The van der Waals surface area contributed by atoms with Crippen LogP contribution in [-0.2, 0) is 12.8 Å². The Morgan fingerprint density at radius 2 is 1.55 bits per heavy atom. The molecule has 1 aromatic heterocycles. The Kier molecular flexibility index (Phi) is 4.96. The fraction of sp³-hybridized carbons (Fsp3) is 0.160. The molecular weight excluding hydrogens is 388 g/mol. The third-order valence-electron chi connectivity index (χ3n) is 5.84. The van der Waals surface area contributed by atoms with Crippen LogP contribution < -0.4 is 5.32 Å². The van der Waals surface area contributed by atoms with Gasteiger partial charge in [0.25, 0.3) is 5.69 Å². The zero-order chi connectivity index (χ0) is 21.2. The molecule has 0 fully saturated rings. The van der Waals surface area contributed by atoms with Crippen molar-refractivity contribution in [2.75, 3.05) is 11.9 Å². The Bertz CT molecular complexity index is 1160. The van der Waals surface area contributed by atoms with E-state index in [1.165, 1.54) is 28.8 Å². The second kappa shape index (κ2) is 8.07. The number of aromatic nitrogens is 2. The maximum absolute atomic E-state index is 11.0. The molecule has 1 aliphatic rings. The molecular formula is C25H22N4O2. The predicted molar refractivity (Wildman–Crippen MR) is 121 cm³/mol. The molecule has 1 aliphatic heterocycles. The molecule has 31 heavy (non-hydrogen) atoms. The van der Waals surface area contributed by atoms with E-state index in [0.717, 1.165) is 36.6 Å². The molecule has 6 heteroatoms. The normalized spacial score (nSPS) is 12.5. The molecule has 3 aromatic carbocycles. The van der Waals surface area contributed by atoms with Crippen LogP contribution in [-0.4, -0.2) is 21.2 Å². The second-order valence-corrected chi connectivity index (χ2v) is 7.71. The van der Waals surface area contributed by atoms with Gasteiger partial charge in [-0.3, -0.25) is 10.1 Å². The molecule has 2 heterocycles. The summed E-state index contributed by atoms with van der Waals surface area (Å²) in [6.07, 6.45) is 1.71. The second-order valence-electron chi connectivity index (χ2n) is 7.71. The Morgan fingerprint density at radius 1 is 0.935 bits per heavy atom. The molecule has 0 amide bonds. The van der Waals surface area contributed by atoms with E-state index in [4.69, 9.17) is 5.10 Å². The molecule has 154 valence electrons. The highest BCUT2D eigenvalue weighted by molar-refractivity contribution is 5.58. The molecule has 0 aliphatic carbocycles. The van der Waals surface area contributed by atoms with Crippen LogP contribution in [0, 0.1) is 10.1 Å². The largest absolute Gasteiger partial charge is 0.369 e. The lowest BCUT2D eigenvalue weighted by Crippen LogP contribution is -2.09. The molecule has 1 N–H and O–H groups in total. The minimum absolute atomic E-state index is 0.0777. The van der Waals surface area contributed by atoms with E-state index in [1.807, 2.05) is 16.8 Å². The molecule has 0 spiro atoms.